The minimum atomic E-state index is -0.204. The Labute approximate surface area is 148 Å². The lowest BCUT2D eigenvalue weighted by Crippen LogP contribution is -2.51. The van der Waals surface area contributed by atoms with Gasteiger partial charge in [-0.3, -0.25) is 14.4 Å². The molecule has 1 amide bonds. The van der Waals surface area contributed by atoms with Crippen molar-refractivity contribution in [3.05, 3.63) is 24.9 Å². The summed E-state index contributed by atoms with van der Waals surface area (Å²) in [5, 5.41) is 11.5. The molecule has 136 valence electrons. The fourth-order valence-electron chi connectivity index (χ4n) is 3.48. The maximum Gasteiger partial charge on any atom is 0.242 e. The van der Waals surface area contributed by atoms with Gasteiger partial charge >= 0.3 is 0 Å². The Morgan fingerprint density at radius 2 is 2.16 bits per heavy atom. The van der Waals surface area contributed by atoms with E-state index in [1.54, 1.807) is 18.9 Å². The number of aromatic nitrogens is 5. The van der Waals surface area contributed by atoms with Gasteiger partial charge in [-0.2, -0.15) is 10.2 Å². The van der Waals surface area contributed by atoms with Crippen molar-refractivity contribution < 1.29 is 4.79 Å². The monoisotopic (exact) mass is 345 g/mol. The molecule has 0 spiro atoms. The predicted octanol–water partition coefficient (Wildman–Crippen LogP) is 1.94. The molecule has 1 N–H and O–H groups in total. The van der Waals surface area contributed by atoms with E-state index in [4.69, 9.17) is 0 Å². The van der Waals surface area contributed by atoms with Gasteiger partial charge in [-0.05, 0) is 40.2 Å². The van der Waals surface area contributed by atoms with Gasteiger partial charge in [0.1, 0.15) is 18.5 Å². The van der Waals surface area contributed by atoms with Gasteiger partial charge in [-0.1, -0.05) is 6.42 Å². The van der Waals surface area contributed by atoms with Gasteiger partial charge < -0.3 is 5.32 Å². The molecule has 1 aliphatic rings. The fourth-order valence-corrected chi connectivity index (χ4v) is 3.48. The molecular formula is C17H27N7O. The standard InChI is InChI=1S/C17H27N7O/c1-13(2)24-16(7-8-19-24)21-17(25)14(3)23-9-5-4-6-15(23)10-22-12-18-11-20-22/h7-8,11-15H,4-6,9-10H2,1-3H3,(H,21,25)/t14-,15+/m1/s1. The number of likely N-dealkylation sites (tertiary alicyclic amines) is 1. The molecule has 25 heavy (non-hydrogen) atoms. The summed E-state index contributed by atoms with van der Waals surface area (Å²) in [6.07, 6.45) is 8.38. The number of hydrogen-bond donors (Lipinski definition) is 1. The summed E-state index contributed by atoms with van der Waals surface area (Å²) in [5.41, 5.74) is 0. The number of rotatable bonds is 6. The molecule has 8 heteroatoms. The molecule has 0 radical (unpaired) electrons. The molecule has 0 aliphatic carbocycles. The zero-order valence-corrected chi connectivity index (χ0v) is 15.2. The maximum absolute atomic E-state index is 12.8. The van der Waals surface area contributed by atoms with Crippen LogP contribution in [0.5, 0.6) is 0 Å². The van der Waals surface area contributed by atoms with Crippen LogP contribution in [0.25, 0.3) is 0 Å². The largest absolute Gasteiger partial charge is 0.310 e. The average molecular weight is 345 g/mol. The van der Waals surface area contributed by atoms with Crippen LogP contribution in [0.15, 0.2) is 24.9 Å². The normalized spacial score (nSPS) is 19.9. The van der Waals surface area contributed by atoms with Crippen molar-refractivity contribution in [3.63, 3.8) is 0 Å². The van der Waals surface area contributed by atoms with Crippen molar-refractivity contribution in [2.75, 3.05) is 11.9 Å². The van der Waals surface area contributed by atoms with Gasteiger partial charge in [0.05, 0.1) is 18.8 Å². The van der Waals surface area contributed by atoms with Crippen molar-refractivity contribution in [2.24, 2.45) is 0 Å². The van der Waals surface area contributed by atoms with E-state index >= 15 is 0 Å². The van der Waals surface area contributed by atoms with E-state index in [9.17, 15) is 4.79 Å². The van der Waals surface area contributed by atoms with E-state index in [0.29, 0.717) is 6.04 Å². The van der Waals surface area contributed by atoms with Crippen LogP contribution in [0.3, 0.4) is 0 Å². The average Bonchev–Trinajstić information content (AvgIpc) is 3.26. The highest BCUT2D eigenvalue weighted by molar-refractivity contribution is 5.93. The first-order chi connectivity index (χ1) is 12.1. The first kappa shape index (κ1) is 17.6. The number of carbonyl (C=O) groups is 1. The molecule has 2 aromatic heterocycles. The van der Waals surface area contributed by atoms with E-state index in [0.717, 1.165) is 31.7 Å². The van der Waals surface area contributed by atoms with Crippen molar-refractivity contribution >= 4 is 11.7 Å². The quantitative estimate of drug-likeness (QED) is 0.865. The van der Waals surface area contributed by atoms with Crippen molar-refractivity contribution in [1.82, 2.24) is 29.4 Å². The van der Waals surface area contributed by atoms with Crippen LogP contribution in [-0.4, -0.2) is 54.0 Å². The Balaban J connectivity index is 1.67. The van der Waals surface area contributed by atoms with Gasteiger partial charge in [0, 0.05) is 18.2 Å². The van der Waals surface area contributed by atoms with E-state index in [2.05, 4.69) is 25.4 Å². The summed E-state index contributed by atoms with van der Waals surface area (Å²) < 4.78 is 3.68. The van der Waals surface area contributed by atoms with E-state index in [1.807, 2.05) is 36.2 Å². The smallest absolute Gasteiger partial charge is 0.242 e. The molecule has 0 saturated carbocycles. The van der Waals surface area contributed by atoms with Gasteiger partial charge in [-0.25, -0.2) is 9.67 Å². The molecule has 1 fully saturated rings. The number of piperidine rings is 1. The molecule has 2 atom stereocenters. The van der Waals surface area contributed by atoms with Crippen LogP contribution in [-0.2, 0) is 11.3 Å². The number of hydrogen-bond acceptors (Lipinski definition) is 5. The van der Waals surface area contributed by atoms with Gasteiger partial charge in [0.25, 0.3) is 0 Å². The van der Waals surface area contributed by atoms with Crippen molar-refractivity contribution in [3.8, 4) is 0 Å². The summed E-state index contributed by atoms with van der Waals surface area (Å²) >= 11 is 0. The van der Waals surface area contributed by atoms with E-state index in [-0.39, 0.29) is 18.0 Å². The molecule has 3 rings (SSSR count). The zero-order valence-electron chi connectivity index (χ0n) is 15.2. The first-order valence-electron chi connectivity index (χ1n) is 8.99. The van der Waals surface area contributed by atoms with Crippen LogP contribution in [0, 0.1) is 0 Å². The van der Waals surface area contributed by atoms with Crippen LogP contribution in [0.4, 0.5) is 5.82 Å². The SMILES string of the molecule is CC(C)n1nccc1NC(=O)[C@@H](C)N1CCCC[C@H]1Cn1cncn1. The van der Waals surface area contributed by atoms with Crippen LogP contribution >= 0.6 is 0 Å². The first-order valence-corrected chi connectivity index (χ1v) is 8.99. The highest BCUT2D eigenvalue weighted by atomic mass is 16.2. The number of nitrogens with one attached hydrogen (secondary N) is 1. The van der Waals surface area contributed by atoms with Gasteiger partial charge in [0.15, 0.2) is 0 Å². The second kappa shape index (κ2) is 7.77. The third-order valence-corrected chi connectivity index (χ3v) is 4.82. The Bertz CT molecular complexity index is 679. The molecule has 8 nitrogen and oxygen atoms in total. The lowest BCUT2D eigenvalue weighted by Gasteiger charge is -2.39. The Morgan fingerprint density at radius 1 is 1.32 bits per heavy atom. The van der Waals surface area contributed by atoms with E-state index < -0.39 is 0 Å². The number of anilines is 1. The lowest BCUT2D eigenvalue weighted by molar-refractivity contribution is -0.122. The van der Waals surface area contributed by atoms with Crippen molar-refractivity contribution in [1.29, 1.82) is 0 Å². The maximum atomic E-state index is 12.8. The third kappa shape index (κ3) is 4.07. The summed E-state index contributed by atoms with van der Waals surface area (Å²) in [4.78, 5) is 19.1. The van der Waals surface area contributed by atoms with E-state index in [1.165, 1.54) is 6.42 Å². The molecule has 3 heterocycles. The molecule has 0 aromatic carbocycles. The Morgan fingerprint density at radius 3 is 2.88 bits per heavy atom. The summed E-state index contributed by atoms with van der Waals surface area (Å²) in [6.45, 7) is 7.76. The molecule has 1 saturated heterocycles. The summed E-state index contributed by atoms with van der Waals surface area (Å²) in [7, 11) is 0. The Kier molecular flexibility index (Phi) is 5.47. The highest BCUT2D eigenvalue weighted by Gasteiger charge is 2.31. The minimum absolute atomic E-state index is 0.00731. The Hall–Kier alpha value is -2.22. The van der Waals surface area contributed by atoms with Crippen LogP contribution in [0.2, 0.25) is 0 Å². The zero-order chi connectivity index (χ0) is 17.8. The molecular weight excluding hydrogens is 318 g/mol. The molecule has 0 bridgehead atoms. The van der Waals surface area contributed by atoms with Gasteiger partial charge in [0.2, 0.25) is 5.91 Å². The third-order valence-electron chi connectivity index (χ3n) is 4.82. The lowest BCUT2D eigenvalue weighted by atomic mass is 9.99. The fraction of sp³-hybridized carbons (Fsp3) is 0.647. The summed E-state index contributed by atoms with van der Waals surface area (Å²) in [5.74, 6) is 0.754. The van der Waals surface area contributed by atoms with Gasteiger partial charge in [-0.15, -0.1) is 0 Å². The highest BCUT2D eigenvalue weighted by Crippen LogP contribution is 2.22. The molecule has 0 unspecified atom stereocenters. The predicted molar refractivity (Wildman–Crippen MR) is 95.1 cm³/mol. The topological polar surface area (TPSA) is 80.9 Å². The second-order valence-corrected chi connectivity index (χ2v) is 6.92. The second-order valence-electron chi connectivity index (χ2n) is 6.92. The van der Waals surface area contributed by atoms with Crippen LogP contribution in [0.1, 0.15) is 46.1 Å². The number of nitrogens with zero attached hydrogens (tertiary/aromatic N) is 6. The van der Waals surface area contributed by atoms with Crippen LogP contribution < -0.4 is 5.32 Å². The summed E-state index contributed by atoms with van der Waals surface area (Å²) in [6, 6.07) is 2.14. The molecule has 1 aliphatic heterocycles. The minimum Gasteiger partial charge on any atom is -0.310 e. The number of carbonyl (C=O) groups excluding carboxylic acids is 1. The molecule has 2 aromatic rings. The number of amides is 1. The van der Waals surface area contributed by atoms with Crippen molar-refractivity contribution in [2.45, 2.75) is 64.7 Å².